The largest absolute Gasteiger partial charge is 0.314 e. The number of carbonyl (C=O) groups excluding carboxylic acids is 1. The molecule has 4 heteroatoms. The van der Waals surface area contributed by atoms with Gasteiger partial charge in [0.2, 0.25) is 5.91 Å². The lowest BCUT2D eigenvalue weighted by molar-refractivity contribution is -0.131. The van der Waals surface area contributed by atoms with E-state index < -0.39 is 0 Å². The zero-order valence-electron chi connectivity index (χ0n) is 11.3. The number of amides is 1. The molecule has 2 atom stereocenters. The molecular weight excluding hydrogens is 244 g/mol. The summed E-state index contributed by atoms with van der Waals surface area (Å²) in [4.78, 5) is 14.4. The van der Waals surface area contributed by atoms with Gasteiger partial charge >= 0.3 is 0 Å². The molecule has 2 aliphatic rings. The maximum Gasteiger partial charge on any atom is 0.243 e. The molecule has 1 amide bonds. The number of nitrogens with zero attached hydrogens (tertiary/aromatic N) is 1. The third kappa shape index (κ3) is 3.29. The number of thioether (sulfide) groups is 1. The number of likely N-dealkylation sites (tertiary alicyclic amines) is 1. The molecule has 3 nitrogen and oxygen atoms in total. The van der Waals surface area contributed by atoms with E-state index in [-0.39, 0.29) is 11.9 Å². The van der Waals surface area contributed by atoms with Gasteiger partial charge in [-0.3, -0.25) is 4.79 Å². The van der Waals surface area contributed by atoms with Gasteiger partial charge in [-0.25, -0.2) is 0 Å². The van der Waals surface area contributed by atoms with Gasteiger partial charge in [0.1, 0.15) is 0 Å². The molecule has 0 radical (unpaired) electrons. The van der Waals surface area contributed by atoms with E-state index >= 15 is 0 Å². The van der Waals surface area contributed by atoms with Gasteiger partial charge in [-0.05, 0) is 44.9 Å². The summed E-state index contributed by atoms with van der Waals surface area (Å²) in [6.07, 6.45) is 6.83. The van der Waals surface area contributed by atoms with Crippen LogP contribution in [0, 0.1) is 0 Å². The van der Waals surface area contributed by atoms with Crippen LogP contribution in [0.25, 0.3) is 0 Å². The minimum atomic E-state index is -0.0159. The molecule has 18 heavy (non-hydrogen) atoms. The topological polar surface area (TPSA) is 32.3 Å². The highest BCUT2D eigenvalue weighted by molar-refractivity contribution is 7.99. The lowest BCUT2D eigenvalue weighted by Gasteiger charge is -2.31. The smallest absolute Gasteiger partial charge is 0.243 e. The van der Waals surface area contributed by atoms with Crippen LogP contribution in [0.3, 0.4) is 0 Å². The van der Waals surface area contributed by atoms with Crippen LogP contribution in [-0.4, -0.2) is 41.4 Å². The Morgan fingerprint density at radius 1 is 1.39 bits per heavy atom. The molecule has 2 heterocycles. The molecule has 0 saturated carbocycles. The van der Waals surface area contributed by atoms with Crippen LogP contribution in [0.5, 0.6) is 0 Å². The van der Waals surface area contributed by atoms with Crippen molar-refractivity contribution in [3.63, 3.8) is 0 Å². The van der Waals surface area contributed by atoms with E-state index in [0.717, 1.165) is 31.5 Å². The van der Waals surface area contributed by atoms with E-state index in [2.05, 4.69) is 11.9 Å². The highest BCUT2D eigenvalue weighted by atomic mass is 32.2. The third-order valence-corrected chi connectivity index (χ3v) is 5.29. The number of hydrogen-bond acceptors (Lipinski definition) is 3. The van der Waals surface area contributed by atoms with Gasteiger partial charge in [0, 0.05) is 17.5 Å². The maximum absolute atomic E-state index is 12.5. The minimum absolute atomic E-state index is 0.0159. The summed E-state index contributed by atoms with van der Waals surface area (Å²) in [5.74, 6) is 1.47. The molecule has 2 rings (SSSR count). The van der Waals surface area contributed by atoms with Crippen LogP contribution in [0.1, 0.15) is 38.5 Å². The van der Waals surface area contributed by atoms with Gasteiger partial charge < -0.3 is 10.2 Å². The SMILES string of the molecule is C=C1CCCC(NC)C(=O)N1CC1CCCCS1. The Labute approximate surface area is 114 Å². The Hall–Kier alpha value is -0.480. The van der Waals surface area contributed by atoms with Crippen LogP contribution in [-0.2, 0) is 4.79 Å². The number of allylic oxidation sites excluding steroid dienone is 1. The Morgan fingerprint density at radius 3 is 2.89 bits per heavy atom. The molecule has 0 bridgehead atoms. The van der Waals surface area contributed by atoms with Crippen molar-refractivity contribution < 1.29 is 4.79 Å². The van der Waals surface area contributed by atoms with E-state index in [1.165, 1.54) is 25.0 Å². The Bertz CT molecular complexity index is 313. The molecule has 2 aliphatic heterocycles. The van der Waals surface area contributed by atoms with E-state index in [1.54, 1.807) is 0 Å². The fraction of sp³-hybridized carbons (Fsp3) is 0.786. The second kappa shape index (κ2) is 6.62. The standard InChI is InChI=1S/C14H24N2OS/c1-11-6-5-8-13(15-2)14(17)16(11)10-12-7-3-4-9-18-12/h12-13,15H,1,3-10H2,2H3. The van der Waals surface area contributed by atoms with Crippen LogP contribution < -0.4 is 5.32 Å². The van der Waals surface area contributed by atoms with E-state index in [9.17, 15) is 4.79 Å². The molecule has 2 unspecified atom stereocenters. The first-order valence-electron chi connectivity index (χ1n) is 7.00. The Morgan fingerprint density at radius 2 is 2.22 bits per heavy atom. The van der Waals surface area contributed by atoms with Crippen LogP contribution in [0.15, 0.2) is 12.3 Å². The number of carbonyl (C=O) groups is 1. The van der Waals surface area contributed by atoms with E-state index in [1.807, 2.05) is 23.7 Å². The summed E-state index contributed by atoms with van der Waals surface area (Å²) in [7, 11) is 1.88. The van der Waals surface area contributed by atoms with E-state index in [0.29, 0.717) is 5.25 Å². The number of hydrogen-bond donors (Lipinski definition) is 1. The molecule has 102 valence electrons. The van der Waals surface area contributed by atoms with Gasteiger partial charge in [-0.1, -0.05) is 13.0 Å². The van der Waals surface area contributed by atoms with Gasteiger partial charge in [-0.15, -0.1) is 0 Å². The molecule has 1 N–H and O–H groups in total. The normalized spacial score (nSPS) is 30.4. The van der Waals surface area contributed by atoms with Crippen LogP contribution in [0.2, 0.25) is 0 Å². The van der Waals surface area contributed by atoms with Gasteiger partial charge in [0.15, 0.2) is 0 Å². The highest BCUT2D eigenvalue weighted by Gasteiger charge is 2.30. The third-order valence-electron chi connectivity index (χ3n) is 3.91. The van der Waals surface area contributed by atoms with Crippen molar-refractivity contribution in [2.75, 3.05) is 19.3 Å². The Balaban J connectivity index is 2.01. The van der Waals surface area contributed by atoms with Crippen LogP contribution in [0.4, 0.5) is 0 Å². The van der Waals surface area contributed by atoms with Crippen molar-refractivity contribution in [3.05, 3.63) is 12.3 Å². The first kappa shape index (κ1) is 13.9. The van der Waals surface area contributed by atoms with Crippen molar-refractivity contribution in [3.8, 4) is 0 Å². The molecule has 2 saturated heterocycles. The van der Waals surface area contributed by atoms with Crippen molar-refractivity contribution in [1.82, 2.24) is 10.2 Å². The van der Waals surface area contributed by atoms with Crippen molar-refractivity contribution in [2.45, 2.75) is 49.8 Å². The summed E-state index contributed by atoms with van der Waals surface area (Å²) >= 11 is 2.02. The fourth-order valence-corrected chi connectivity index (χ4v) is 4.05. The van der Waals surface area contributed by atoms with Crippen LogP contribution >= 0.6 is 11.8 Å². The summed E-state index contributed by atoms with van der Waals surface area (Å²) < 4.78 is 0. The highest BCUT2D eigenvalue weighted by Crippen LogP contribution is 2.28. The summed E-state index contributed by atoms with van der Waals surface area (Å²) in [6, 6.07) is -0.0159. The zero-order chi connectivity index (χ0) is 13.0. The summed E-state index contributed by atoms with van der Waals surface area (Å²) in [5.41, 5.74) is 1.02. The fourth-order valence-electron chi connectivity index (χ4n) is 2.75. The number of likely N-dealkylation sites (N-methyl/N-ethyl adjacent to an activating group) is 1. The quantitative estimate of drug-likeness (QED) is 0.853. The molecule has 0 aromatic carbocycles. The second-order valence-corrected chi connectivity index (χ2v) is 6.65. The molecule has 0 aliphatic carbocycles. The summed E-state index contributed by atoms with van der Waals surface area (Å²) in [6.45, 7) is 4.97. The predicted molar refractivity (Wildman–Crippen MR) is 77.6 cm³/mol. The molecule has 2 fully saturated rings. The summed E-state index contributed by atoms with van der Waals surface area (Å²) in [5, 5.41) is 3.75. The molecule has 0 spiro atoms. The number of rotatable bonds is 3. The first-order chi connectivity index (χ1) is 8.72. The van der Waals surface area contributed by atoms with Gasteiger partial charge in [0.05, 0.1) is 6.04 Å². The molecule has 0 aromatic heterocycles. The van der Waals surface area contributed by atoms with E-state index in [4.69, 9.17) is 0 Å². The van der Waals surface area contributed by atoms with Gasteiger partial charge in [-0.2, -0.15) is 11.8 Å². The average molecular weight is 268 g/mol. The first-order valence-corrected chi connectivity index (χ1v) is 8.05. The predicted octanol–water partition coefficient (Wildman–Crippen LogP) is 2.39. The van der Waals surface area contributed by atoms with Crippen molar-refractivity contribution in [2.24, 2.45) is 0 Å². The van der Waals surface area contributed by atoms with Crippen molar-refractivity contribution in [1.29, 1.82) is 0 Å². The Kier molecular flexibility index (Phi) is 5.13. The zero-order valence-corrected chi connectivity index (χ0v) is 12.1. The molecule has 0 aromatic rings. The maximum atomic E-state index is 12.5. The average Bonchev–Trinajstić information content (AvgIpc) is 2.53. The minimum Gasteiger partial charge on any atom is -0.314 e. The number of nitrogens with one attached hydrogen (secondary N) is 1. The van der Waals surface area contributed by atoms with Gasteiger partial charge in [0.25, 0.3) is 0 Å². The van der Waals surface area contributed by atoms with Crippen molar-refractivity contribution >= 4 is 17.7 Å². The lowest BCUT2D eigenvalue weighted by Crippen LogP contribution is -2.45. The second-order valence-electron chi connectivity index (χ2n) is 5.24. The molecular formula is C14H24N2OS. The lowest BCUT2D eigenvalue weighted by atomic mass is 10.1. The monoisotopic (exact) mass is 268 g/mol.